The fourth-order valence-corrected chi connectivity index (χ4v) is 1.88. The van der Waals surface area contributed by atoms with Crippen LogP contribution >= 0.6 is 12.4 Å². The average molecular weight is 267 g/mol. The maximum absolute atomic E-state index is 12.3. The number of hydrogen-bond acceptors (Lipinski definition) is 2. The topological polar surface area (TPSA) is 24.9 Å². The van der Waals surface area contributed by atoms with Crippen LogP contribution < -0.4 is 5.32 Å². The molecule has 0 aromatic carbocycles. The smallest absolute Gasteiger partial charge is 0.309 e. The second-order valence-corrected chi connectivity index (χ2v) is 3.97. The number of aromatic nitrogens is 1. The van der Waals surface area contributed by atoms with Crippen LogP contribution in [-0.2, 0) is 6.18 Å². The van der Waals surface area contributed by atoms with Gasteiger partial charge in [-0.25, -0.2) is 0 Å². The van der Waals surface area contributed by atoms with Crippen LogP contribution in [0, 0.1) is 0 Å². The van der Waals surface area contributed by atoms with E-state index in [9.17, 15) is 13.2 Å². The fraction of sp³-hybridized carbons (Fsp3) is 0.545. The average Bonchev–Trinajstić information content (AvgIpc) is 2.29. The van der Waals surface area contributed by atoms with Gasteiger partial charge < -0.3 is 5.32 Å². The fourth-order valence-electron chi connectivity index (χ4n) is 1.88. The van der Waals surface area contributed by atoms with Crippen LogP contribution in [0.4, 0.5) is 13.2 Å². The predicted molar refractivity (Wildman–Crippen MR) is 61.1 cm³/mol. The quantitative estimate of drug-likeness (QED) is 0.843. The van der Waals surface area contributed by atoms with Gasteiger partial charge in [-0.3, -0.25) is 4.98 Å². The summed E-state index contributed by atoms with van der Waals surface area (Å²) in [4.78, 5) is 3.89. The van der Waals surface area contributed by atoms with E-state index < -0.39 is 11.7 Å². The number of nitrogens with zero attached hydrogens (tertiary/aromatic N) is 1. The van der Waals surface area contributed by atoms with E-state index >= 15 is 0 Å². The Bertz CT molecular complexity index is 345. The molecule has 0 spiro atoms. The molecule has 1 aromatic rings. The molecule has 96 valence electrons. The zero-order chi connectivity index (χ0) is 11.6. The Balaban J connectivity index is 0.00000144. The molecule has 2 rings (SSSR count). The Labute approximate surface area is 104 Å². The summed E-state index contributed by atoms with van der Waals surface area (Å²) in [6, 6.07) is 2.67. The molecular formula is C11H14ClF3N2. The minimum absolute atomic E-state index is 0. The van der Waals surface area contributed by atoms with E-state index in [0.717, 1.165) is 38.1 Å². The van der Waals surface area contributed by atoms with E-state index in [-0.39, 0.29) is 18.4 Å². The van der Waals surface area contributed by atoms with Gasteiger partial charge in [-0.2, -0.15) is 13.2 Å². The van der Waals surface area contributed by atoms with Gasteiger partial charge in [0.2, 0.25) is 0 Å². The van der Waals surface area contributed by atoms with Crippen LogP contribution in [0.5, 0.6) is 0 Å². The molecule has 1 aliphatic rings. The van der Waals surface area contributed by atoms with Crippen molar-refractivity contribution in [1.82, 2.24) is 10.3 Å². The van der Waals surface area contributed by atoms with E-state index in [4.69, 9.17) is 0 Å². The van der Waals surface area contributed by atoms with Crippen molar-refractivity contribution in [2.75, 3.05) is 6.54 Å². The summed E-state index contributed by atoms with van der Waals surface area (Å²) in [5.74, 6) is 0. The van der Waals surface area contributed by atoms with Crippen LogP contribution in [-0.4, -0.2) is 11.5 Å². The van der Waals surface area contributed by atoms with Crippen molar-refractivity contribution in [3.8, 4) is 0 Å². The first kappa shape index (κ1) is 14.3. The van der Waals surface area contributed by atoms with E-state index in [1.807, 2.05) is 0 Å². The largest absolute Gasteiger partial charge is 0.417 e. The van der Waals surface area contributed by atoms with E-state index in [1.165, 1.54) is 6.07 Å². The molecule has 1 atom stereocenters. The Morgan fingerprint density at radius 2 is 2.00 bits per heavy atom. The zero-order valence-corrected chi connectivity index (χ0v) is 9.94. The third kappa shape index (κ3) is 3.57. The van der Waals surface area contributed by atoms with Crippen molar-refractivity contribution in [2.45, 2.75) is 31.5 Å². The highest BCUT2D eigenvalue weighted by molar-refractivity contribution is 5.85. The summed E-state index contributed by atoms with van der Waals surface area (Å²) in [6.07, 6.45) is -0.229. The molecule has 1 N–H and O–H groups in total. The van der Waals surface area contributed by atoms with E-state index in [1.54, 1.807) is 0 Å². The third-order valence-corrected chi connectivity index (χ3v) is 2.78. The summed E-state index contributed by atoms with van der Waals surface area (Å²) in [5.41, 5.74) is 0.0137. The first-order chi connectivity index (χ1) is 7.57. The van der Waals surface area contributed by atoms with Gasteiger partial charge in [0, 0.05) is 12.2 Å². The monoisotopic (exact) mass is 266 g/mol. The minimum atomic E-state index is -4.30. The number of halogens is 4. The molecule has 2 nitrogen and oxygen atoms in total. The lowest BCUT2D eigenvalue weighted by atomic mass is 10.0. The molecule has 1 aliphatic heterocycles. The highest BCUT2D eigenvalue weighted by Crippen LogP contribution is 2.29. The zero-order valence-electron chi connectivity index (χ0n) is 9.13. The number of rotatable bonds is 1. The van der Waals surface area contributed by atoms with Gasteiger partial charge in [0.1, 0.15) is 0 Å². The lowest BCUT2D eigenvalue weighted by molar-refractivity contribution is -0.137. The molecule has 2 heterocycles. The maximum atomic E-state index is 12.3. The number of alkyl halides is 3. The Morgan fingerprint density at radius 1 is 1.24 bits per heavy atom. The lowest BCUT2D eigenvalue weighted by Gasteiger charge is -2.23. The molecule has 0 aliphatic carbocycles. The summed E-state index contributed by atoms with van der Waals surface area (Å²) in [7, 11) is 0. The molecule has 1 unspecified atom stereocenters. The molecule has 0 radical (unpaired) electrons. The highest BCUT2D eigenvalue weighted by Gasteiger charge is 2.31. The van der Waals surface area contributed by atoms with Crippen LogP contribution in [0.25, 0.3) is 0 Å². The van der Waals surface area contributed by atoms with E-state index in [2.05, 4.69) is 10.3 Å². The number of nitrogens with one attached hydrogen (secondary N) is 1. The SMILES string of the molecule is Cl.FC(F)(F)c1ccc(C2CCCCN2)nc1. The van der Waals surface area contributed by atoms with Crippen molar-refractivity contribution in [3.63, 3.8) is 0 Å². The van der Waals surface area contributed by atoms with Gasteiger partial charge in [-0.15, -0.1) is 12.4 Å². The van der Waals surface area contributed by atoms with Crippen molar-refractivity contribution < 1.29 is 13.2 Å². The molecule has 0 saturated carbocycles. The van der Waals surface area contributed by atoms with Crippen molar-refractivity contribution in [3.05, 3.63) is 29.6 Å². The normalized spacial score (nSPS) is 20.8. The van der Waals surface area contributed by atoms with Gasteiger partial charge in [0.25, 0.3) is 0 Å². The Kier molecular flexibility index (Phi) is 4.77. The van der Waals surface area contributed by atoms with Gasteiger partial charge in [-0.05, 0) is 31.5 Å². The molecule has 1 aromatic heterocycles. The van der Waals surface area contributed by atoms with Gasteiger partial charge in [-0.1, -0.05) is 6.42 Å². The number of hydrogen-bond donors (Lipinski definition) is 1. The Hall–Kier alpha value is -0.810. The third-order valence-electron chi connectivity index (χ3n) is 2.78. The highest BCUT2D eigenvalue weighted by atomic mass is 35.5. The molecular weight excluding hydrogens is 253 g/mol. The first-order valence-corrected chi connectivity index (χ1v) is 5.34. The van der Waals surface area contributed by atoms with Crippen molar-refractivity contribution in [1.29, 1.82) is 0 Å². The second kappa shape index (κ2) is 5.69. The minimum Gasteiger partial charge on any atom is -0.309 e. The summed E-state index contributed by atoms with van der Waals surface area (Å²) < 4.78 is 36.9. The number of pyridine rings is 1. The van der Waals surface area contributed by atoms with Gasteiger partial charge in [0.15, 0.2) is 0 Å². The summed E-state index contributed by atoms with van der Waals surface area (Å²) >= 11 is 0. The Morgan fingerprint density at radius 3 is 2.47 bits per heavy atom. The molecule has 0 amide bonds. The standard InChI is InChI=1S/C11H13F3N2.ClH/c12-11(13,14)8-4-5-10(16-7-8)9-3-1-2-6-15-9;/h4-5,7,9,15H,1-3,6H2;1H. The first-order valence-electron chi connectivity index (χ1n) is 5.34. The van der Waals surface area contributed by atoms with Crippen LogP contribution in [0.2, 0.25) is 0 Å². The summed E-state index contributed by atoms with van der Waals surface area (Å²) in [5, 5.41) is 3.25. The molecule has 6 heteroatoms. The van der Waals surface area contributed by atoms with E-state index in [0.29, 0.717) is 5.69 Å². The maximum Gasteiger partial charge on any atom is 0.417 e. The lowest BCUT2D eigenvalue weighted by Crippen LogP contribution is -2.27. The van der Waals surface area contributed by atoms with Gasteiger partial charge >= 0.3 is 6.18 Å². The summed E-state index contributed by atoms with van der Waals surface area (Å²) in [6.45, 7) is 0.910. The second-order valence-electron chi connectivity index (χ2n) is 3.97. The van der Waals surface area contributed by atoms with Crippen LogP contribution in [0.3, 0.4) is 0 Å². The van der Waals surface area contributed by atoms with Crippen molar-refractivity contribution in [2.24, 2.45) is 0 Å². The van der Waals surface area contributed by atoms with Crippen LogP contribution in [0.15, 0.2) is 18.3 Å². The molecule has 17 heavy (non-hydrogen) atoms. The molecule has 1 saturated heterocycles. The predicted octanol–water partition coefficient (Wildman–Crippen LogP) is 3.34. The van der Waals surface area contributed by atoms with Gasteiger partial charge in [0.05, 0.1) is 11.3 Å². The molecule has 0 bridgehead atoms. The molecule has 1 fully saturated rings. The van der Waals surface area contributed by atoms with Crippen LogP contribution in [0.1, 0.15) is 36.6 Å². The van der Waals surface area contributed by atoms with Crippen molar-refractivity contribution >= 4 is 12.4 Å². The number of piperidine rings is 1.